The van der Waals surface area contributed by atoms with E-state index in [2.05, 4.69) is 33.9 Å². The first kappa shape index (κ1) is 23.5. The van der Waals surface area contributed by atoms with Crippen LogP contribution in [0.1, 0.15) is 45.4 Å². The summed E-state index contributed by atoms with van der Waals surface area (Å²) in [6, 6.07) is 13.1. The van der Waals surface area contributed by atoms with E-state index >= 15 is 0 Å². The minimum absolute atomic E-state index is 0.231. The molecule has 0 bridgehead atoms. The molecule has 2 aliphatic rings. The van der Waals surface area contributed by atoms with Gasteiger partial charge in [0, 0.05) is 43.0 Å². The molecule has 0 amide bonds. The molecule has 2 aromatic rings. The van der Waals surface area contributed by atoms with Crippen molar-refractivity contribution in [3.8, 4) is 17.2 Å². The number of aromatic nitrogens is 1. The molecule has 1 aromatic heterocycles. The standard InChI is InChI=1S/C26H34FN5O/c1-18(15-33-2)31-20-6-8-21(9-7-20)32-25-13-23(24(27)14-29-25)19-4-3-5-22(12-19)30-17-26(16-28)10-11-26/h3-5,12-14,18,20-21,30-31H,6-11,15,17H2,1-2H3,(H,29,32). The SMILES string of the molecule is COCC(C)NC1CCC(Nc2cc(-c3cccc(NCC4(C#N)CC4)c3)c(F)cn2)CC1. The predicted octanol–water partition coefficient (Wildman–Crippen LogP) is 4.95. The summed E-state index contributed by atoms with van der Waals surface area (Å²) in [5.41, 5.74) is 1.99. The minimum atomic E-state index is -0.339. The Morgan fingerprint density at radius 3 is 2.67 bits per heavy atom. The summed E-state index contributed by atoms with van der Waals surface area (Å²) in [4.78, 5) is 4.29. The van der Waals surface area contributed by atoms with Crippen molar-refractivity contribution in [2.75, 3.05) is 30.9 Å². The van der Waals surface area contributed by atoms with Crippen molar-refractivity contribution in [1.29, 1.82) is 5.26 Å². The molecule has 1 unspecified atom stereocenters. The Kier molecular flexibility index (Phi) is 7.46. The average molecular weight is 452 g/mol. The molecular formula is C26H34FN5O. The molecule has 0 spiro atoms. The molecule has 2 fully saturated rings. The molecule has 176 valence electrons. The number of hydrogen-bond acceptors (Lipinski definition) is 6. The minimum Gasteiger partial charge on any atom is -0.383 e. The number of hydrogen-bond donors (Lipinski definition) is 3. The van der Waals surface area contributed by atoms with Gasteiger partial charge in [0.2, 0.25) is 0 Å². The third kappa shape index (κ3) is 6.21. The number of nitriles is 1. The van der Waals surface area contributed by atoms with Gasteiger partial charge in [-0.3, -0.25) is 0 Å². The van der Waals surface area contributed by atoms with Crippen LogP contribution < -0.4 is 16.0 Å². The van der Waals surface area contributed by atoms with Crippen molar-refractivity contribution >= 4 is 11.5 Å². The largest absolute Gasteiger partial charge is 0.383 e. The van der Waals surface area contributed by atoms with E-state index < -0.39 is 0 Å². The first-order valence-corrected chi connectivity index (χ1v) is 11.9. The highest BCUT2D eigenvalue weighted by Gasteiger charge is 2.42. The van der Waals surface area contributed by atoms with Gasteiger partial charge in [0.05, 0.1) is 24.3 Å². The third-order valence-corrected chi connectivity index (χ3v) is 6.77. The molecule has 2 saturated carbocycles. The molecule has 33 heavy (non-hydrogen) atoms. The molecule has 3 N–H and O–H groups in total. The molecule has 4 rings (SSSR count). The first-order chi connectivity index (χ1) is 16.0. The van der Waals surface area contributed by atoms with Gasteiger partial charge in [-0.05, 0) is 69.2 Å². The Labute approximate surface area is 195 Å². The van der Waals surface area contributed by atoms with Crippen LogP contribution >= 0.6 is 0 Å². The smallest absolute Gasteiger partial charge is 0.149 e. The lowest BCUT2D eigenvalue weighted by Gasteiger charge is -2.31. The van der Waals surface area contributed by atoms with Crippen LogP contribution in [0.4, 0.5) is 15.9 Å². The Bertz CT molecular complexity index is 979. The quantitative estimate of drug-likeness (QED) is 0.474. The van der Waals surface area contributed by atoms with Crippen LogP contribution in [-0.4, -0.2) is 43.4 Å². The number of anilines is 2. The number of halogens is 1. The number of pyridine rings is 1. The number of methoxy groups -OCH3 is 1. The molecule has 0 aliphatic heterocycles. The van der Waals surface area contributed by atoms with Crippen molar-refractivity contribution in [3.63, 3.8) is 0 Å². The van der Waals surface area contributed by atoms with Crippen LogP contribution in [0.5, 0.6) is 0 Å². The third-order valence-electron chi connectivity index (χ3n) is 6.77. The second-order valence-electron chi connectivity index (χ2n) is 9.59. The molecule has 1 aromatic carbocycles. The number of rotatable bonds is 10. The maximum absolute atomic E-state index is 14.7. The summed E-state index contributed by atoms with van der Waals surface area (Å²) in [5, 5.41) is 19.8. The Balaban J connectivity index is 1.37. The van der Waals surface area contributed by atoms with Crippen molar-refractivity contribution < 1.29 is 9.13 Å². The van der Waals surface area contributed by atoms with E-state index in [0.717, 1.165) is 56.4 Å². The van der Waals surface area contributed by atoms with E-state index in [-0.39, 0.29) is 11.2 Å². The zero-order chi connectivity index (χ0) is 23.3. The monoisotopic (exact) mass is 451 g/mol. The lowest BCUT2D eigenvalue weighted by Crippen LogP contribution is -2.42. The van der Waals surface area contributed by atoms with Gasteiger partial charge in [0.1, 0.15) is 11.6 Å². The van der Waals surface area contributed by atoms with Crippen molar-refractivity contribution in [3.05, 3.63) is 42.3 Å². The van der Waals surface area contributed by atoms with Crippen LogP contribution in [0.15, 0.2) is 36.5 Å². The molecule has 7 heteroatoms. The van der Waals surface area contributed by atoms with Gasteiger partial charge in [0.15, 0.2) is 0 Å². The van der Waals surface area contributed by atoms with Crippen molar-refractivity contribution in [1.82, 2.24) is 10.3 Å². The zero-order valence-electron chi connectivity index (χ0n) is 19.5. The summed E-state index contributed by atoms with van der Waals surface area (Å²) < 4.78 is 19.9. The maximum atomic E-state index is 14.7. The summed E-state index contributed by atoms with van der Waals surface area (Å²) in [7, 11) is 1.73. The zero-order valence-corrected chi connectivity index (χ0v) is 19.5. The van der Waals surface area contributed by atoms with Crippen LogP contribution in [0.3, 0.4) is 0 Å². The summed E-state index contributed by atoms with van der Waals surface area (Å²) in [5.74, 6) is 0.365. The first-order valence-electron chi connectivity index (χ1n) is 11.9. The van der Waals surface area contributed by atoms with Gasteiger partial charge in [0.25, 0.3) is 0 Å². The summed E-state index contributed by atoms with van der Waals surface area (Å²) in [6.07, 6.45) is 7.46. The lowest BCUT2D eigenvalue weighted by atomic mass is 9.90. The predicted molar refractivity (Wildman–Crippen MR) is 130 cm³/mol. The van der Waals surface area contributed by atoms with Gasteiger partial charge >= 0.3 is 0 Å². The van der Waals surface area contributed by atoms with Gasteiger partial charge < -0.3 is 20.7 Å². The van der Waals surface area contributed by atoms with E-state index in [0.29, 0.717) is 36.1 Å². The number of benzene rings is 1. The topological polar surface area (TPSA) is 82.0 Å². The average Bonchev–Trinajstić information content (AvgIpc) is 3.61. The van der Waals surface area contributed by atoms with E-state index in [9.17, 15) is 9.65 Å². The molecule has 1 atom stereocenters. The highest BCUT2D eigenvalue weighted by atomic mass is 19.1. The van der Waals surface area contributed by atoms with E-state index in [4.69, 9.17) is 4.74 Å². The van der Waals surface area contributed by atoms with E-state index in [1.165, 1.54) is 6.20 Å². The number of ether oxygens (including phenoxy) is 1. The normalized spacial score (nSPS) is 22.2. The van der Waals surface area contributed by atoms with Gasteiger partial charge in [-0.15, -0.1) is 0 Å². The Morgan fingerprint density at radius 1 is 1.21 bits per heavy atom. The second kappa shape index (κ2) is 10.5. The number of nitrogens with zero attached hydrogens (tertiary/aromatic N) is 2. The molecule has 0 saturated heterocycles. The van der Waals surface area contributed by atoms with Crippen molar-refractivity contribution in [2.45, 2.75) is 63.6 Å². The second-order valence-corrected chi connectivity index (χ2v) is 9.59. The fourth-order valence-electron chi connectivity index (χ4n) is 4.60. The highest BCUT2D eigenvalue weighted by molar-refractivity contribution is 5.70. The molecule has 1 heterocycles. The molecule has 6 nitrogen and oxygen atoms in total. The van der Waals surface area contributed by atoms with Crippen LogP contribution in [-0.2, 0) is 4.74 Å². The van der Waals surface area contributed by atoms with Gasteiger partial charge in [-0.2, -0.15) is 5.26 Å². The van der Waals surface area contributed by atoms with E-state index in [1.54, 1.807) is 13.2 Å². The van der Waals surface area contributed by atoms with Crippen LogP contribution in [0, 0.1) is 22.6 Å². The summed E-state index contributed by atoms with van der Waals surface area (Å²) >= 11 is 0. The van der Waals surface area contributed by atoms with Crippen LogP contribution in [0.25, 0.3) is 11.1 Å². The highest BCUT2D eigenvalue weighted by Crippen LogP contribution is 2.44. The number of nitrogens with one attached hydrogen (secondary N) is 3. The van der Waals surface area contributed by atoms with Crippen LogP contribution in [0.2, 0.25) is 0 Å². The molecule has 2 aliphatic carbocycles. The molecule has 0 radical (unpaired) electrons. The molecular weight excluding hydrogens is 417 g/mol. The van der Waals surface area contributed by atoms with E-state index in [1.807, 2.05) is 24.3 Å². The fraction of sp³-hybridized carbons (Fsp3) is 0.538. The Morgan fingerprint density at radius 2 is 1.97 bits per heavy atom. The Hall–Kier alpha value is -2.69. The van der Waals surface area contributed by atoms with Gasteiger partial charge in [-0.1, -0.05) is 12.1 Å². The lowest BCUT2D eigenvalue weighted by molar-refractivity contribution is 0.161. The fourth-order valence-corrected chi connectivity index (χ4v) is 4.60. The van der Waals surface area contributed by atoms with Crippen molar-refractivity contribution in [2.24, 2.45) is 5.41 Å². The van der Waals surface area contributed by atoms with Gasteiger partial charge in [-0.25, -0.2) is 9.37 Å². The summed E-state index contributed by atoms with van der Waals surface area (Å²) in [6.45, 7) is 3.49. The maximum Gasteiger partial charge on any atom is 0.149 e.